The summed E-state index contributed by atoms with van der Waals surface area (Å²) in [7, 11) is 0. The van der Waals surface area contributed by atoms with Gasteiger partial charge >= 0.3 is 12.1 Å². The number of amides is 1. The molecule has 1 saturated carbocycles. The highest BCUT2D eigenvalue weighted by molar-refractivity contribution is 6.33. The standard InChI is InChI=1S/C30H27ClFN5O6/c31-22-10-19(11-33)6-7-23(22)36-26-24(32)27(35-17-34-26)42-25-20-12-37(13-21(25)16-40-15-20)29(39)43-30(8-9-30)28(38)41-14-18-4-2-1-3-5-18/h1-7,10,17,20-21,25H,8-9,12-16H2,(H,34,35,36). The minimum Gasteiger partial charge on any atom is -0.471 e. The number of rotatable bonds is 8. The minimum absolute atomic E-state index is 0.0978. The first-order valence-corrected chi connectivity index (χ1v) is 14.1. The number of carbonyl (C=O) groups excluding carboxylic acids is 2. The smallest absolute Gasteiger partial charge is 0.410 e. The molecule has 3 aromatic rings. The fourth-order valence-corrected chi connectivity index (χ4v) is 5.48. The molecule has 2 aromatic carbocycles. The second kappa shape index (κ2) is 12.0. The average Bonchev–Trinajstić information content (AvgIpc) is 3.79. The molecule has 222 valence electrons. The number of benzene rings is 2. The number of carbonyl (C=O) groups is 2. The number of nitrogens with one attached hydrogen (secondary N) is 1. The first-order chi connectivity index (χ1) is 20.8. The largest absolute Gasteiger partial charge is 0.471 e. The normalized spacial score (nSPS) is 21.7. The predicted molar refractivity (Wildman–Crippen MR) is 150 cm³/mol. The molecule has 1 amide bonds. The van der Waals surface area contributed by atoms with Gasteiger partial charge in [-0.25, -0.2) is 14.6 Å². The molecule has 1 aromatic heterocycles. The number of nitrogens with zero attached hydrogens (tertiary/aromatic N) is 4. The maximum Gasteiger partial charge on any atom is 0.410 e. The lowest BCUT2D eigenvalue weighted by Crippen LogP contribution is -2.59. The van der Waals surface area contributed by atoms with Crippen LogP contribution in [0.4, 0.5) is 20.7 Å². The third-order valence-corrected chi connectivity index (χ3v) is 8.00. The highest BCUT2D eigenvalue weighted by Crippen LogP contribution is 2.42. The summed E-state index contributed by atoms with van der Waals surface area (Å²) in [6, 6.07) is 15.8. The summed E-state index contributed by atoms with van der Waals surface area (Å²) in [6.45, 7) is 1.13. The van der Waals surface area contributed by atoms with Crippen LogP contribution < -0.4 is 10.1 Å². The molecule has 3 heterocycles. The molecule has 43 heavy (non-hydrogen) atoms. The lowest BCUT2D eigenvalue weighted by Gasteiger charge is -2.45. The van der Waals surface area contributed by atoms with Crippen molar-refractivity contribution in [3.05, 3.63) is 76.8 Å². The topological polar surface area (TPSA) is 136 Å². The van der Waals surface area contributed by atoms with E-state index in [1.807, 2.05) is 36.4 Å². The van der Waals surface area contributed by atoms with Crippen LogP contribution in [0.2, 0.25) is 5.02 Å². The zero-order valence-corrected chi connectivity index (χ0v) is 23.6. The first-order valence-electron chi connectivity index (χ1n) is 13.8. The molecule has 3 aliphatic rings. The maximum absolute atomic E-state index is 15.4. The maximum atomic E-state index is 15.4. The molecule has 2 atom stereocenters. The fourth-order valence-electron chi connectivity index (χ4n) is 5.25. The van der Waals surface area contributed by atoms with Crippen LogP contribution in [0.15, 0.2) is 54.9 Å². The van der Waals surface area contributed by atoms with E-state index in [0.717, 1.165) is 5.56 Å². The van der Waals surface area contributed by atoms with Gasteiger partial charge in [0.2, 0.25) is 11.4 Å². The van der Waals surface area contributed by atoms with E-state index in [9.17, 15) is 9.59 Å². The summed E-state index contributed by atoms with van der Waals surface area (Å²) in [5.41, 5.74) is 0.297. The number of fused-ring (bicyclic) bond motifs is 2. The van der Waals surface area contributed by atoms with E-state index in [1.165, 1.54) is 12.4 Å². The Labute approximate surface area is 251 Å². The van der Waals surface area contributed by atoms with Crippen LogP contribution in [-0.4, -0.2) is 64.9 Å². The molecular formula is C30H27ClFN5O6. The van der Waals surface area contributed by atoms with Gasteiger partial charge < -0.3 is 29.2 Å². The summed E-state index contributed by atoms with van der Waals surface area (Å²) in [5, 5.41) is 12.1. The van der Waals surface area contributed by atoms with E-state index in [1.54, 1.807) is 17.0 Å². The number of anilines is 2. The highest BCUT2D eigenvalue weighted by Gasteiger charge is 2.57. The number of halogens is 2. The SMILES string of the molecule is N#Cc1ccc(Nc2ncnc(OC3C4COCC3CN(C(=O)OC3(C(=O)OCc5ccccc5)CC3)C4)c2F)c(Cl)c1. The van der Waals surface area contributed by atoms with E-state index in [2.05, 4.69) is 15.3 Å². The number of hydrogen-bond acceptors (Lipinski definition) is 10. The second-order valence-corrected chi connectivity index (χ2v) is 11.1. The van der Waals surface area contributed by atoms with Gasteiger partial charge in [0.1, 0.15) is 19.0 Å². The van der Waals surface area contributed by atoms with Crippen molar-refractivity contribution in [1.29, 1.82) is 5.26 Å². The molecule has 1 aliphatic carbocycles. The predicted octanol–water partition coefficient (Wildman–Crippen LogP) is 4.62. The van der Waals surface area contributed by atoms with Crippen LogP contribution in [0.25, 0.3) is 0 Å². The third kappa shape index (κ3) is 6.18. The Morgan fingerprint density at radius 1 is 1.14 bits per heavy atom. The zero-order chi connectivity index (χ0) is 30.0. The number of esters is 1. The Kier molecular flexibility index (Phi) is 8.01. The van der Waals surface area contributed by atoms with Crippen LogP contribution in [-0.2, 0) is 25.6 Å². The Hall–Kier alpha value is -4.47. The van der Waals surface area contributed by atoms with Crippen molar-refractivity contribution in [3.8, 4) is 11.9 Å². The number of ether oxygens (including phenoxy) is 4. The molecule has 0 radical (unpaired) electrons. The quantitative estimate of drug-likeness (QED) is 0.361. The summed E-state index contributed by atoms with van der Waals surface area (Å²) in [4.78, 5) is 35.4. The van der Waals surface area contributed by atoms with Gasteiger partial charge in [-0.15, -0.1) is 0 Å². The third-order valence-electron chi connectivity index (χ3n) is 7.69. The molecule has 13 heteroatoms. The summed E-state index contributed by atoms with van der Waals surface area (Å²) in [6.07, 6.45) is 0.878. The first kappa shape index (κ1) is 28.6. The Bertz CT molecular complexity index is 1550. The molecule has 2 aliphatic heterocycles. The lowest BCUT2D eigenvalue weighted by atomic mass is 9.84. The highest BCUT2D eigenvalue weighted by atomic mass is 35.5. The second-order valence-electron chi connectivity index (χ2n) is 10.7. The molecule has 2 unspecified atom stereocenters. The minimum atomic E-state index is -1.27. The van der Waals surface area contributed by atoms with E-state index in [4.69, 9.17) is 35.8 Å². The van der Waals surface area contributed by atoms with Crippen LogP contribution in [0, 0.1) is 29.0 Å². The molecule has 2 bridgehead atoms. The van der Waals surface area contributed by atoms with Gasteiger partial charge in [-0.2, -0.15) is 14.6 Å². The summed E-state index contributed by atoms with van der Waals surface area (Å²) in [5.74, 6) is -2.35. The van der Waals surface area contributed by atoms with Crippen molar-refractivity contribution in [1.82, 2.24) is 14.9 Å². The summed E-state index contributed by atoms with van der Waals surface area (Å²) >= 11 is 6.22. The van der Waals surface area contributed by atoms with Crippen molar-refractivity contribution in [2.75, 3.05) is 31.6 Å². The van der Waals surface area contributed by atoms with Crippen LogP contribution in [0.5, 0.6) is 5.88 Å². The monoisotopic (exact) mass is 607 g/mol. The lowest BCUT2D eigenvalue weighted by molar-refractivity contribution is -0.159. The van der Waals surface area contributed by atoms with E-state index in [-0.39, 0.29) is 61.5 Å². The summed E-state index contributed by atoms with van der Waals surface area (Å²) < 4.78 is 38.3. The van der Waals surface area contributed by atoms with Crippen molar-refractivity contribution in [2.24, 2.45) is 11.8 Å². The Balaban J connectivity index is 1.08. The fraction of sp³-hybridized carbons (Fsp3) is 0.367. The van der Waals surface area contributed by atoms with Gasteiger partial charge in [-0.1, -0.05) is 41.9 Å². The number of likely N-dealkylation sites (tertiary alicyclic amines) is 1. The zero-order valence-electron chi connectivity index (χ0n) is 22.9. The number of piperidine rings is 1. The Morgan fingerprint density at radius 3 is 2.56 bits per heavy atom. The van der Waals surface area contributed by atoms with Gasteiger partial charge in [-0.05, 0) is 23.8 Å². The van der Waals surface area contributed by atoms with Crippen molar-refractivity contribution in [2.45, 2.75) is 31.2 Å². The molecule has 2 saturated heterocycles. The van der Waals surface area contributed by atoms with Crippen LogP contribution in [0.3, 0.4) is 0 Å². The average molecular weight is 608 g/mol. The van der Waals surface area contributed by atoms with Crippen LogP contribution in [0.1, 0.15) is 24.0 Å². The molecule has 1 N–H and O–H groups in total. The van der Waals surface area contributed by atoms with Gasteiger partial charge in [0.05, 0.1) is 35.6 Å². The Morgan fingerprint density at radius 2 is 1.88 bits per heavy atom. The molecular weight excluding hydrogens is 581 g/mol. The number of hydrogen-bond donors (Lipinski definition) is 1. The van der Waals surface area contributed by atoms with Crippen molar-refractivity contribution < 1.29 is 32.9 Å². The van der Waals surface area contributed by atoms with Gasteiger partial charge in [0.15, 0.2) is 5.82 Å². The molecule has 6 rings (SSSR count). The van der Waals surface area contributed by atoms with Gasteiger partial charge in [0.25, 0.3) is 5.88 Å². The van der Waals surface area contributed by atoms with Gasteiger partial charge in [0, 0.05) is 37.8 Å². The number of aromatic nitrogens is 2. The van der Waals surface area contributed by atoms with Crippen LogP contribution >= 0.6 is 11.6 Å². The van der Waals surface area contributed by atoms with E-state index in [0.29, 0.717) is 24.1 Å². The van der Waals surface area contributed by atoms with Crippen molar-refractivity contribution in [3.63, 3.8) is 0 Å². The van der Waals surface area contributed by atoms with E-state index >= 15 is 4.39 Å². The molecule has 0 spiro atoms. The number of nitriles is 1. The van der Waals surface area contributed by atoms with E-state index < -0.39 is 29.6 Å². The van der Waals surface area contributed by atoms with Gasteiger partial charge in [-0.3, -0.25) is 0 Å². The molecule has 11 nitrogen and oxygen atoms in total. The molecule has 3 fully saturated rings. The van der Waals surface area contributed by atoms with Crippen molar-refractivity contribution >= 4 is 35.2 Å².